The minimum absolute atomic E-state index is 0.382. The molecule has 1 unspecified atom stereocenters. The van der Waals surface area contributed by atoms with Crippen molar-refractivity contribution in [2.45, 2.75) is 46.2 Å². The van der Waals surface area contributed by atoms with E-state index in [4.69, 9.17) is 18.0 Å². The van der Waals surface area contributed by atoms with Crippen LogP contribution in [0.1, 0.15) is 38.1 Å². The SMILES string of the molecule is CCc1cc(CN2CCCC(C(N)=S)C2)n(CC)n1. The average Bonchev–Trinajstić information content (AvgIpc) is 2.81. The molecule has 1 atom stereocenters. The fourth-order valence-corrected chi connectivity index (χ4v) is 2.94. The van der Waals surface area contributed by atoms with Gasteiger partial charge in [0.15, 0.2) is 0 Å². The Hall–Kier alpha value is -0.940. The van der Waals surface area contributed by atoms with Gasteiger partial charge in [0.25, 0.3) is 0 Å². The molecule has 1 aliphatic rings. The van der Waals surface area contributed by atoms with Crippen LogP contribution in [0.4, 0.5) is 0 Å². The smallest absolute Gasteiger partial charge is 0.0771 e. The van der Waals surface area contributed by atoms with Crippen molar-refractivity contribution in [2.24, 2.45) is 11.7 Å². The summed E-state index contributed by atoms with van der Waals surface area (Å²) in [5.74, 6) is 0.382. The van der Waals surface area contributed by atoms with Crippen molar-refractivity contribution < 1.29 is 0 Å². The Balaban J connectivity index is 2.03. The summed E-state index contributed by atoms with van der Waals surface area (Å²) in [5.41, 5.74) is 8.28. The maximum atomic E-state index is 5.79. The lowest BCUT2D eigenvalue weighted by atomic mass is 9.98. The van der Waals surface area contributed by atoms with E-state index in [0.717, 1.165) is 39.0 Å². The van der Waals surface area contributed by atoms with E-state index in [9.17, 15) is 0 Å². The van der Waals surface area contributed by atoms with Gasteiger partial charge in [-0.3, -0.25) is 9.58 Å². The zero-order chi connectivity index (χ0) is 13.8. The Morgan fingerprint density at radius 1 is 1.53 bits per heavy atom. The highest BCUT2D eigenvalue weighted by Crippen LogP contribution is 2.19. The standard InChI is InChI=1S/C14H24N4S/c1-3-12-8-13(18(4-2)16-12)10-17-7-5-6-11(9-17)14(15)19/h8,11H,3-7,9-10H2,1-2H3,(H2,15,19). The molecule has 0 radical (unpaired) electrons. The lowest BCUT2D eigenvalue weighted by Gasteiger charge is -2.32. The highest BCUT2D eigenvalue weighted by molar-refractivity contribution is 7.80. The summed E-state index contributed by atoms with van der Waals surface area (Å²) in [6.45, 7) is 8.31. The van der Waals surface area contributed by atoms with Crippen molar-refractivity contribution in [1.29, 1.82) is 0 Å². The van der Waals surface area contributed by atoms with Gasteiger partial charge in [0.05, 0.1) is 16.4 Å². The van der Waals surface area contributed by atoms with Crippen LogP contribution < -0.4 is 5.73 Å². The van der Waals surface area contributed by atoms with Crippen molar-refractivity contribution >= 4 is 17.2 Å². The van der Waals surface area contributed by atoms with Crippen molar-refractivity contribution in [1.82, 2.24) is 14.7 Å². The molecule has 2 rings (SSSR count). The number of hydrogen-bond acceptors (Lipinski definition) is 3. The molecule has 0 aromatic carbocycles. The summed E-state index contributed by atoms with van der Waals surface area (Å²) >= 11 is 5.14. The Labute approximate surface area is 121 Å². The number of thiocarbonyl (C=S) groups is 1. The summed E-state index contributed by atoms with van der Waals surface area (Å²) in [5, 5.41) is 4.61. The van der Waals surface area contributed by atoms with Gasteiger partial charge in [0.1, 0.15) is 0 Å². The topological polar surface area (TPSA) is 47.1 Å². The average molecular weight is 280 g/mol. The molecule has 106 valence electrons. The van der Waals surface area contributed by atoms with Gasteiger partial charge >= 0.3 is 0 Å². The van der Waals surface area contributed by atoms with Crippen LogP contribution in [0.5, 0.6) is 0 Å². The first kappa shape index (κ1) is 14.5. The molecule has 0 spiro atoms. The third-order valence-electron chi connectivity index (χ3n) is 3.87. The third-order valence-corrected chi connectivity index (χ3v) is 4.20. The summed E-state index contributed by atoms with van der Waals surface area (Å²) < 4.78 is 2.11. The molecule has 2 N–H and O–H groups in total. The second kappa shape index (κ2) is 6.48. The fraction of sp³-hybridized carbons (Fsp3) is 0.714. The lowest BCUT2D eigenvalue weighted by molar-refractivity contribution is 0.192. The van der Waals surface area contributed by atoms with Gasteiger partial charge < -0.3 is 5.73 Å². The molecule has 2 heterocycles. The van der Waals surface area contributed by atoms with E-state index >= 15 is 0 Å². The summed E-state index contributed by atoms with van der Waals surface area (Å²) in [7, 11) is 0. The van der Waals surface area contributed by atoms with Crippen LogP contribution in [-0.2, 0) is 19.5 Å². The van der Waals surface area contributed by atoms with Gasteiger partial charge in [-0.25, -0.2) is 0 Å². The first-order valence-corrected chi connectivity index (χ1v) is 7.62. The number of hydrogen-bond donors (Lipinski definition) is 1. The first-order valence-electron chi connectivity index (χ1n) is 7.21. The van der Waals surface area contributed by atoms with Gasteiger partial charge in [-0.15, -0.1) is 0 Å². The molecule has 4 nitrogen and oxygen atoms in total. The maximum absolute atomic E-state index is 5.79. The quantitative estimate of drug-likeness (QED) is 0.838. The van der Waals surface area contributed by atoms with Crippen molar-refractivity contribution in [3.63, 3.8) is 0 Å². The van der Waals surface area contributed by atoms with E-state index in [1.807, 2.05) is 0 Å². The minimum atomic E-state index is 0.382. The van der Waals surface area contributed by atoms with Crippen LogP contribution in [0.2, 0.25) is 0 Å². The molecular weight excluding hydrogens is 256 g/mol. The van der Waals surface area contributed by atoms with Crippen LogP contribution >= 0.6 is 12.2 Å². The van der Waals surface area contributed by atoms with E-state index in [1.54, 1.807) is 0 Å². The number of piperidine rings is 1. The first-order chi connectivity index (χ1) is 9.13. The summed E-state index contributed by atoms with van der Waals surface area (Å²) in [6.07, 6.45) is 3.32. The van der Waals surface area contributed by atoms with E-state index in [-0.39, 0.29) is 0 Å². The maximum Gasteiger partial charge on any atom is 0.0771 e. The van der Waals surface area contributed by atoms with Gasteiger partial charge in [-0.1, -0.05) is 19.1 Å². The van der Waals surface area contributed by atoms with E-state index < -0.39 is 0 Å². The largest absolute Gasteiger partial charge is 0.393 e. The molecule has 0 bridgehead atoms. The molecule has 5 heteroatoms. The van der Waals surface area contributed by atoms with Crippen LogP contribution in [-0.4, -0.2) is 32.8 Å². The summed E-state index contributed by atoms with van der Waals surface area (Å²) in [4.78, 5) is 3.12. The third kappa shape index (κ3) is 3.54. The Morgan fingerprint density at radius 3 is 2.95 bits per heavy atom. The molecule has 0 amide bonds. The minimum Gasteiger partial charge on any atom is -0.393 e. The highest BCUT2D eigenvalue weighted by atomic mass is 32.1. The Bertz CT molecular complexity index is 441. The van der Waals surface area contributed by atoms with E-state index in [0.29, 0.717) is 10.9 Å². The Kier molecular flexibility index (Phi) is 4.93. The molecule has 0 aliphatic carbocycles. The second-order valence-electron chi connectivity index (χ2n) is 5.27. The van der Waals surface area contributed by atoms with Crippen LogP contribution in [0.25, 0.3) is 0 Å². The molecule has 1 aromatic rings. The normalized spacial score (nSPS) is 20.6. The molecule has 1 aromatic heterocycles. The molecule has 1 fully saturated rings. The number of nitrogens with two attached hydrogens (primary N) is 1. The van der Waals surface area contributed by atoms with Crippen LogP contribution in [0.3, 0.4) is 0 Å². The summed E-state index contributed by atoms with van der Waals surface area (Å²) in [6, 6.07) is 2.23. The number of likely N-dealkylation sites (tertiary alicyclic amines) is 1. The predicted octanol–water partition coefficient (Wildman–Crippen LogP) is 1.96. The highest BCUT2D eigenvalue weighted by Gasteiger charge is 2.22. The van der Waals surface area contributed by atoms with Crippen molar-refractivity contribution in [3.8, 4) is 0 Å². The zero-order valence-electron chi connectivity index (χ0n) is 11.9. The Morgan fingerprint density at radius 2 is 2.32 bits per heavy atom. The predicted molar refractivity (Wildman–Crippen MR) is 82.1 cm³/mol. The molecular formula is C14H24N4S. The number of aromatic nitrogens is 2. The van der Waals surface area contributed by atoms with Crippen molar-refractivity contribution in [2.75, 3.05) is 13.1 Å². The second-order valence-corrected chi connectivity index (χ2v) is 5.74. The lowest BCUT2D eigenvalue weighted by Crippen LogP contribution is -2.40. The van der Waals surface area contributed by atoms with Crippen LogP contribution in [0.15, 0.2) is 6.07 Å². The molecule has 19 heavy (non-hydrogen) atoms. The molecule has 0 saturated carbocycles. The van der Waals surface area contributed by atoms with Gasteiger partial charge in [0.2, 0.25) is 0 Å². The number of rotatable bonds is 5. The van der Waals surface area contributed by atoms with Gasteiger partial charge in [0, 0.05) is 25.6 Å². The van der Waals surface area contributed by atoms with E-state index in [1.165, 1.54) is 17.8 Å². The van der Waals surface area contributed by atoms with E-state index in [2.05, 4.69) is 34.6 Å². The van der Waals surface area contributed by atoms with Crippen molar-refractivity contribution in [3.05, 3.63) is 17.5 Å². The zero-order valence-corrected chi connectivity index (χ0v) is 12.7. The van der Waals surface area contributed by atoms with Gasteiger partial charge in [-0.05, 0) is 38.8 Å². The van der Waals surface area contributed by atoms with Gasteiger partial charge in [-0.2, -0.15) is 5.10 Å². The number of aryl methyl sites for hydroxylation is 2. The van der Waals surface area contributed by atoms with Crippen LogP contribution in [0, 0.1) is 5.92 Å². The number of nitrogens with zero attached hydrogens (tertiary/aromatic N) is 3. The fourth-order valence-electron chi connectivity index (χ4n) is 2.75. The molecule has 1 aliphatic heterocycles. The molecule has 1 saturated heterocycles. The monoisotopic (exact) mass is 280 g/mol.